The van der Waals surface area contributed by atoms with E-state index in [1.165, 1.54) is 12.1 Å². The molecule has 0 radical (unpaired) electrons. The Kier molecular flexibility index (Phi) is 16.8. The molecule has 58 heavy (non-hydrogen) atoms. The van der Waals surface area contributed by atoms with Crippen molar-refractivity contribution in [2.45, 2.75) is 81.4 Å². The topological polar surface area (TPSA) is 138 Å². The van der Waals surface area contributed by atoms with Gasteiger partial charge in [-0.3, -0.25) is 22.3 Å². The van der Waals surface area contributed by atoms with Crippen LogP contribution in [0.25, 0.3) is 21.5 Å². The Labute approximate surface area is 470 Å². The van der Waals surface area contributed by atoms with Crippen LogP contribution in [-0.4, -0.2) is 55.6 Å². The van der Waals surface area contributed by atoms with Crippen LogP contribution < -0.4 is 159 Å². The van der Waals surface area contributed by atoms with Crippen molar-refractivity contribution in [3.8, 4) is 0 Å². The number of benzene rings is 4. The Bertz CT molecular complexity index is 2730. The molecule has 4 aromatic carbocycles. The van der Waals surface area contributed by atoms with Crippen LogP contribution in [0.2, 0.25) is 0 Å². The molecule has 4 aromatic rings. The van der Waals surface area contributed by atoms with Gasteiger partial charge in [0, 0.05) is 45.8 Å². The maximum atomic E-state index is 13.2. The molecule has 2 aliphatic heterocycles. The fourth-order valence-electron chi connectivity index (χ4n) is 8.57. The van der Waals surface area contributed by atoms with Crippen molar-refractivity contribution in [2.75, 3.05) is 18.5 Å². The summed E-state index contributed by atoms with van der Waals surface area (Å²) in [5.41, 5.74) is 6.56. The van der Waals surface area contributed by atoms with Gasteiger partial charge in [-0.2, -0.15) is 9.96 Å². The molecule has 0 unspecified atom stereocenters. The number of anilines is 1. The normalized spacial score (nSPS) is 18.7. The number of Topliss-reactive ketones (excluding diaryl/α,β-unsaturated/α-hetero) is 1. The fraction of sp³-hybridized carbons (Fsp3) is 0.318. The molecule has 0 fully saturated rings. The summed E-state index contributed by atoms with van der Waals surface area (Å²) in [5, 5.41) is 2.38. The molecule has 286 valence electrons. The zero-order valence-corrected chi connectivity index (χ0v) is 46.0. The first kappa shape index (κ1) is 50.9. The van der Waals surface area contributed by atoms with Crippen molar-refractivity contribution in [3.05, 3.63) is 119 Å². The molecule has 0 saturated carbocycles. The number of allylic oxidation sites excluding steroid dienone is 8. The van der Waals surface area contributed by atoms with E-state index in [0.717, 1.165) is 63.8 Å². The van der Waals surface area contributed by atoms with Crippen molar-refractivity contribution < 1.29 is 189 Å². The van der Waals surface area contributed by atoms with Gasteiger partial charge in [0.25, 0.3) is 0 Å². The second-order valence-corrected chi connectivity index (χ2v) is 18.7. The van der Waals surface area contributed by atoms with E-state index in [1.54, 1.807) is 12.1 Å². The first-order chi connectivity index (χ1) is 25.7. The molecule has 9 nitrogen and oxygen atoms in total. The Morgan fingerprint density at radius 1 is 0.879 bits per heavy atom. The largest absolute Gasteiger partial charge is 1.00 e. The second kappa shape index (κ2) is 19.1. The van der Waals surface area contributed by atoms with Crippen LogP contribution >= 0.6 is 0 Å². The van der Waals surface area contributed by atoms with Crippen molar-refractivity contribution in [3.63, 3.8) is 0 Å². The third kappa shape index (κ3) is 9.66. The molecule has 14 heteroatoms. The van der Waals surface area contributed by atoms with E-state index in [1.807, 2.05) is 51.5 Å². The maximum absolute atomic E-state index is 13.2. The smallest absolute Gasteiger partial charge is 0.744 e. The van der Waals surface area contributed by atoms with Gasteiger partial charge >= 0.3 is 154 Å². The summed E-state index contributed by atoms with van der Waals surface area (Å²) in [6.07, 6.45) is 13.3. The quantitative estimate of drug-likeness (QED) is 0.0945. The van der Waals surface area contributed by atoms with Gasteiger partial charge < -0.3 is 14.0 Å². The van der Waals surface area contributed by atoms with Gasteiger partial charge in [0.2, 0.25) is 5.69 Å². The summed E-state index contributed by atoms with van der Waals surface area (Å²) in [5.74, 6) is 0.0633. The molecule has 3 aliphatic rings. The van der Waals surface area contributed by atoms with Crippen LogP contribution in [0, 0.1) is 18.1 Å². The zero-order valence-electron chi connectivity index (χ0n) is 35.0. The molecule has 0 aromatic heterocycles. The summed E-state index contributed by atoms with van der Waals surface area (Å²) in [6, 6.07) is 19.5. The van der Waals surface area contributed by atoms with E-state index in [-0.39, 0.29) is 189 Å². The van der Waals surface area contributed by atoms with Crippen molar-refractivity contribution >= 4 is 64.7 Å². The van der Waals surface area contributed by atoms with E-state index < -0.39 is 35.4 Å². The van der Waals surface area contributed by atoms with Crippen LogP contribution in [0.3, 0.4) is 0 Å². The fourth-order valence-corrected chi connectivity index (χ4v) is 9.89. The molecule has 1 aliphatic carbocycles. The standard InChI is InChI=1S/C44H45N2O7S2.3K/c1-27(2)37(47)26-46-36-19-17-30-13-8-9-14-32(30)41(36)44(5,6)40(46)22-16-29-12-10-11-28(23-29)15-21-39-43(3,4)42-34-24-31(54(48,49)50)25-38(55(51,52)53)33(34)18-20-35(42)45(39)7;;;/h8,14-25,27H,10-12,26H2,1-7H3,(H,48,49,50)(H,51,52,53);;;/q-1;3*+1/p-2. The Hall–Kier alpha value is 0.229. The first-order valence-corrected chi connectivity index (χ1v) is 21.1. The molecule has 0 bridgehead atoms. The summed E-state index contributed by atoms with van der Waals surface area (Å²) in [4.78, 5) is 13.8. The minimum Gasteiger partial charge on any atom is -0.744 e. The second-order valence-electron chi connectivity index (χ2n) is 16.0. The Morgan fingerprint density at radius 2 is 1.59 bits per heavy atom. The summed E-state index contributed by atoms with van der Waals surface area (Å²) >= 11 is 0. The minimum absolute atomic E-state index is 0. The van der Waals surface area contributed by atoms with E-state index in [4.69, 9.17) is 0 Å². The van der Waals surface area contributed by atoms with Gasteiger partial charge in [0.1, 0.15) is 27.3 Å². The van der Waals surface area contributed by atoms with Gasteiger partial charge in [-0.25, -0.2) is 35.0 Å². The molecule has 0 spiro atoms. The van der Waals surface area contributed by atoms with E-state index >= 15 is 0 Å². The molecular formula is C44H43K3N2O7S2. The van der Waals surface area contributed by atoms with Crippen LogP contribution in [-0.2, 0) is 35.9 Å². The third-order valence-electron chi connectivity index (χ3n) is 11.4. The SMILES string of the molecule is CC(C)C(=O)CN1/C(=C\C=C2C=C(/C=C/C3=[N+](C)c4ccc5c(S(=O)(=O)[O-])cc(S(=O)(=O)[O-])cc5c4C3(C)C)CCC\2)C(C)(C)c2c1ccc1[c-]c[c-]cc21.[K+].[K+].[K+]. The Balaban J connectivity index is 0.00000248. The number of hydrogen-bond donors (Lipinski definition) is 0. The predicted molar refractivity (Wildman–Crippen MR) is 213 cm³/mol. The maximum Gasteiger partial charge on any atom is 1.00 e. The first-order valence-electron chi connectivity index (χ1n) is 18.3. The van der Waals surface area contributed by atoms with E-state index in [2.05, 4.69) is 67.3 Å². The van der Waals surface area contributed by atoms with Crippen molar-refractivity contribution in [1.29, 1.82) is 0 Å². The average molecular weight is 893 g/mol. The molecule has 2 heterocycles. The molecule has 7 rings (SSSR count). The van der Waals surface area contributed by atoms with Gasteiger partial charge in [0.15, 0.2) is 11.5 Å². The van der Waals surface area contributed by atoms with E-state index in [9.17, 15) is 30.7 Å². The minimum atomic E-state index is -5.10. The van der Waals surface area contributed by atoms with Crippen LogP contribution in [0.4, 0.5) is 11.4 Å². The number of rotatable bonds is 8. The summed E-state index contributed by atoms with van der Waals surface area (Å²) in [6.45, 7) is 12.4. The summed E-state index contributed by atoms with van der Waals surface area (Å²) < 4.78 is 74.9. The molecule has 0 saturated heterocycles. The predicted octanol–water partition coefficient (Wildman–Crippen LogP) is -1.08. The van der Waals surface area contributed by atoms with Crippen molar-refractivity contribution in [1.82, 2.24) is 0 Å². The van der Waals surface area contributed by atoms with Crippen LogP contribution in [0.5, 0.6) is 0 Å². The van der Waals surface area contributed by atoms with Gasteiger partial charge in [-0.05, 0) is 73.9 Å². The number of ketones is 1. The van der Waals surface area contributed by atoms with E-state index in [0.29, 0.717) is 17.3 Å². The third-order valence-corrected chi connectivity index (χ3v) is 13.1. The number of hydrogen-bond acceptors (Lipinski definition) is 8. The van der Waals surface area contributed by atoms with Crippen molar-refractivity contribution in [2.24, 2.45) is 5.92 Å². The molecule has 0 atom stereocenters. The Morgan fingerprint density at radius 3 is 2.24 bits per heavy atom. The van der Waals surface area contributed by atoms with Crippen LogP contribution in [0.1, 0.15) is 71.9 Å². The molecule has 0 N–H and O–H groups in total. The summed E-state index contributed by atoms with van der Waals surface area (Å²) in [7, 11) is -8.29. The number of nitrogens with zero attached hydrogens (tertiary/aromatic N) is 2. The van der Waals surface area contributed by atoms with Gasteiger partial charge in [0.05, 0.1) is 21.8 Å². The number of carbonyl (C=O) groups is 1. The average Bonchev–Trinajstić information content (AvgIpc) is 3.45. The number of carbonyl (C=O) groups excluding carboxylic acids is 1. The zero-order chi connectivity index (χ0) is 39.8. The number of fused-ring (bicyclic) bond motifs is 6. The molecule has 0 amide bonds. The monoisotopic (exact) mass is 892 g/mol. The van der Waals surface area contributed by atoms with Gasteiger partial charge in [-0.15, -0.1) is 6.07 Å². The van der Waals surface area contributed by atoms with Gasteiger partial charge in [-0.1, -0.05) is 51.5 Å². The molecular weight excluding hydrogens is 850 g/mol. The van der Waals surface area contributed by atoms with Crippen LogP contribution in [0.15, 0.2) is 106 Å².